The quantitative estimate of drug-likeness (QED) is 0.741. The standard InChI is InChI=1S/C16H21NO/c1-12-5-4-6-14(16(12)18)11-13-7-9-15(10-8-13)17(2)3/h7-12H,4-6H2,1-3H3/b14-11+/t12-/m0/s1. The number of allylic oxidation sites excluding steroid dienone is 1. The fourth-order valence-corrected chi connectivity index (χ4v) is 2.38. The molecule has 0 spiro atoms. The highest BCUT2D eigenvalue weighted by molar-refractivity contribution is 6.01. The van der Waals surface area contributed by atoms with Gasteiger partial charge in [0.1, 0.15) is 0 Å². The predicted octanol–water partition coefficient (Wildman–Crippen LogP) is 3.53. The third-order valence-corrected chi connectivity index (χ3v) is 3.60. The molecule has 2 nitrogen and oxygen atoms in total. The van der Waals surface area contributed by atoms with Gasteiger partial charge in [0.15, 0.2) is 5.78 Å². The summed E-state index contributed by atoms with van der Waals surface area (Å²) in [6, 6.07) is 8.33. The zero-order chi connectivity index (χ0) is 13.1. The van der Waals surface area contributed by atoms with Crippen LogP contribution in [0.3, 0.4) is 0 Å². The van der Waals surface area contributed by atoms with E-state index in [0.29, 0.717) is 5.78 Å². The number of anilines is 1. The SMILES string of the molecule is C[C@H]1CCC/C(=C\c2ccc(N(C)C)cc2)C1=O. The average molecular weight is 243 g/mol. The Morgan fingerprint density at radius 1 is 1.22 bits per heavy atom. The van der Waals surface area contributed by atoms with Gasteiger partial charge in [-0.3, -0.25) is 4.79 Å². The normalized spacial score (nSPS) is 22.3. The van der Waals surface area contributed by atoms with Crippen LogP contribution in [0, 0.1) is 5.92 Å². The van der Waals surface area contributed by atoms with Crippen LogP contribution in [0.1, 0.15) is 31.7 Å². The van der Waals surface area contributed by atoms with Crippen LogP contribution < -0.4 is 4.90 Å². The highest BCUT2D eigenvalue weighted by atomic mass is 16.1. The molecule has 1 atom stereocenters. The molecule has 0 aliphatic heterocycles. The zero-order valence-corrected chi connectivity index (χ0v) is 11.4. The summed E-state index contributed by atoms with van der Waals surface area (Å²) in [6.07, 6.45) is 5.15. The third-order valence-electron chi connectivity index (χ3n) is 3.60. The van der Waals surface area contributed by atoms with Gasteiger partial charge in [-0.2, -0.15) is 0 Å². The van der Waals surface area contributed by atoms with E-state index in [1.165, 1.54) is 5.69 Å². The molecule has 1 saturated carbocycles. The molecule has 1 aromatic carbocycles. The summed E-state index contributed by atoms with van der Waals surface area (Å²) >= 11 is 0. The van der Waals surface area contributed by atoms with Crippen molar-refractivity contribution in [3.8, 4) is 0 Å². The Hall–Kier alpha value is -1.57. The van der Waals surface area contributed by atoms with Gasteiger partial charge in [0.2, 0.25) is 0 Å². The predicted molar refractivity (Wildman–Crippen MR) is 76.8 cm³/mol. The Labute approximate surface area is 109 Å². The van der Waals surface area contributed by atoms with Gasteiger partial charge in [-0.05, 0) is 48.6 Å². The lowest BCUT2D eigenvalue weighted by Crippen LogP contribution is -2.18. The molecule has 0 aromatic heterocycles. The van der Waals surface area contributed by atoms with Crippen molar-refractivity contribution in [1.29, 1.82) is 0 Å². The van der Waals surface area contributed by atoms with Crippen LogP contribution in [0.4, 0.5) is 5.69 Å². The van der Waals surface area contributed by atoms with E-state index in [9.17, 15) is 4.79 Å². The first-order chi connectivity index (χ1) is 8.58. The number of Topliss-reactive ketones (excluding diaryl/α,β-unsaturated/α-hetero) is 1. The summed E-state index contributed by atoms with van der Waals surface area (Å²) in [4.78, 5) is 14.1. The second kappa shape index (κ2) is 5.38. The lowest BCUT2D eigenvalue weighted by molar-refractivity contribution is -0.119. The summed E-state index contributed by atoms with van der Waals surface area (Å²) in [7, 11) is 4.06. The van der Waals surface area contributed by atoms with Gasteiger partial charge in [-0.15, -0.1) is 0 Å². The summed E-state index contributed by atoms with van der Waals surface area (Å²) in [5.41, 5.74) is 3.30. The first kappa shape index (κ1) is 12.9. The molecule has 0 unspecified atom stereocenters. The second-order valence-corrected chi connectivity index (χ2v) is 5.31. The highest BCUT2D eigenvalue weighted by Crippen LogP contribution is 2.26. The Morgan fingerprint density at radius 3 is 2.50 bits per heavy atom. The van der Waals surface area contributed by atoms with E-state index >= 15 is 0 Å². The fourth-order valence-electron chi connectivity index (χ4n) is 2.38. The minimum Gasteiger partial charge on any atom is -0.378 e. The summed E-state index contributed by atoms with van der Waals surface area (Å²) in [6.45, 7) is 2.03. The highest BCUT2D eigenvalue weighted by Gasteiger charge is 2.22. The van der Waals surface area contributed by atoms with E-state index in [4.69, 9.17) is 0 Å². The van der Waals surface area contributed by atoms with E-state index in [2.05, 4.69) is 35.2 Å². The van der Waals surface area contributed by atoms with Gasteiger partial charge in [0, 0.05) is 25.7 Å². The van der Waals surface area contributed by atoms with Crippen molar-refractivity contribution in [2.45, 2.75) is 26.2 Å². The number of ketones is 1. The number of carbonyl (C=O) groups excluding carboxylic acids is 1. The Morgan fingerprint density at radius 2 is 1.89 bits per heavy atom. The maximum atomic E-state index is 12.0. The minimum absolute atomic E-state index is 0.200. The third kappa shape index (κ3) is 2.81. The zero-order valence-electron chi connectivity index (χ0n) is 11.4. The summed E-state index contributed by atoms with van der Waals surface area (Å²) < 4.78 is 0. The van der Waals surface area contributed by atoms with Crippen LogP contribution in [0.2, 0.25) is 0 Å². The number of carbonyl (C=O) groups is 1. The van der Waals surface area contributed by atoms with Crippen LogP contribution in [0.15, 0.2) is 29.8 Å². The molecule has 2 heteroatoms. The van der Waals surface area contributed by atoms with Gasteiger partial charge in [0.05, 0.1) is 0 Å². The van der Waals surface area contributed by atoms with Crippen molar-refractivity contribution in [2.75, 3.05) is 19.0 Å². The van der Waals surface area contributed by atoms with Crippen LogP contribution in [-0.2, 0) is 4.79 Å². The second-order valence-electron chi connectivity index (χ2n) is 5.31. The maximum absolute atomic E-state index is 12.0. The average Bonchev–Trinajstić information content (AvgIpc) is 2.36. The minimum atomic E-state index is 0.200. The van der Waals surface area contributed by atoms with E-state index in [-0.39, 0.29) is 5.92 Å². The monoisotopic (exact) mass is 243 g/mol. The van der Waals surface area contributed by atoms with E-state index in [0.717, 1.165) is 30.4 Å². The number of benzene rings is 1. The van der Waals surface area contributed by atoms with Crippen molar-refractivity contribution in [3.63, 3.8) is 0 Å². The molecule has 2 rings (SSSR count). The van der Waals surface area contributed by atoms with Crippen LogP contribution in [0.25, 0.3) is 6.08 Å². The van der Waals surface area contributed by atoms with Gasteiger partial charge in [-0.25, -0.2) is 0 Å². The summed E-state index contributed by atoms with van der Waals surface area (Å²) in [5, 5.41) is 0. The first-order valence-corrected chi connectivity index (χ1v) is 6.60. The van der Waals surface area contributed by atoms with Gasteiger partial charge >= 0.3 is 0 Å². The molecule has 0 amide bonds. The molecular weight excluding hydrogens is 222 g/mol. The molecule has 18 heavy (non-hydrogen) atoms. The molecule has 0 heterocycles. The molecule has 0 saturated heterocycles. The topological polar surface area (TPSA) is 20.3 Å². The molecule has 1 aliphatic rings. The van der Waals surface area contributed by atoms with Crippen molar-refractivity contribution in [2.24, 2.45) is 5.92 Å². The van der Waals surface area contributed by atoms with E-state index in [1.54, 1.807) is 0 Å². The lowest BCUT2D eigenvalue weighted by atomic mass is 9.84. The molecule has 1 fully saturated rings. The van der Waals surface area contributed by atoms with Crippen molar-refractivity contribution in [1.82, 2.24) is 0 Å². The molecule has 0 radical (unpaired) electrons. The Kier molecular flexibility index (Phi) is 3.85. The smallest absolute Gasteiger partial charge is 0.161 e. The molecule has 1 aliphatic carbocycles. The van der Waals surface area contributed by atoms with Crippen molar-refractivity contribution in [3.05, 3.63) is 35.4 Å². The van der Waals surface area contributed by atoms with Gasteiger partial charge < -0.3 is 4.90 Å². The number of hydrogen-bond acceptors (Lipinski definition) is 2. The van der Waals surface area contributed by atoms with E-state index < -0.39 is 0 Å². The fraction of sp³-hybridized carbons (Fsp3) is 0.438. The first-order valence-electron chi connectivity index (χ1n) is 6.60. The Balaban J connectivity index is 2.19. The Bertz CT molecular complexity index is 456. The van der Waals surface area contributed by atoms with Crippen molar-refractivity contribution < 1.29 is 4.79 Å². The molecule has 0 bridgehead atoms. The van der Waals surface area contributed by atoms with Crippen LogP contribution in [-0.4, -0.2) is 19.9 Å². The molecule has 0 N–H and O–H groups in total. The lowest BCUT2D eigenvalue weighted by Gasteiger charge is -2.19. The summed E-state index contributed by atoms with van der Waals surface area (Å²) in [5.74, 6) is 0.531. The van der Waals surface area contributed by atoms with Crippen LogP contribution >= 0.6 is 0 Å². The van der Waals surface area contributed by atoms with Gasteiger partial charge in [0.25, 0.3) is 0 Å². The van der Waals surface area contributed by atoms with E-state index in [1.807, 2.05) is 21.0 Å². The van der Waals surface area contributed by atoms with Gasteiger partial charge in [-0.1, -0.05) is 19.1 Å². The largest absolute Gasteiger partial charge is 0.378 e. The number of hydrogen-bond donors (Lipinski definition) is 0. The van der Waals surface area contributed by atoms with Crippen molar-refractivity contribution >= 4 is 17.5 Å². The maximum Gasteiger partial charge on any atom is 0.161 e. The molecule has 1 aromatic rings. The number of rotatable bonds is 2. The molecule has 96 valence electrons. The number of nitrogens with zero attached hydrogens (tertiary/aromatic N) is 1. The molecular formula is C16H21NO. The van der Waals surface area contributed by atoms with Crippen LogP contribution in [0.5, 0.6) is 0 Å².